The molecule has 0 aromatic heterocycles. The highest BCUT2D eigenvalue weighted by Crippen LogP contribution is 2.16. The van der Waals surface area contributed by atoms with E-state index < -0.39 is 0 Å². The minimum absolute atomic E-state index is 0.321. The van der Waals surface area contributed by atoms with Crippen molar-refractivity contribution < 1.29 is 9.53 Å². The van der Waals surface area contributed by atoms with E-state index in [1.54, 1.807) is 6.07 Å². The number of anilines is 1. The number of nitrogens with zero attached hydrogens (tertiary/aromatic N) is 1. The van der Waals surface area contributed by atoms with E-state index in [1.165, 1.54) is 7.11 Å². The first-order valence-electron chi connectivity index (χ1n) is 6.74. The molecule has 0 aliphatic rings. The van der Waals surface area contributed by atoms with Crippen LogP contribution in [0.5, 0.6) is 0 Å². The summed E-state index contributed by atoms with van der Waals surface area (Å²) in [6, 6.07) is 15.6. The zero-order chi connectivity index (χ0) is 15.2. The third kappa shape index (κ3) is 3.72. The molecule has 108 valence electrons. The topological polar surface area (TPSA) is 29.5 Å². The first-order valence-corrected chi connectivity index (χ1v) is 6.74. The van der Waals surface area contributed by atoms with Crippen molar-refractivity contribution in [3.05, 3.63) is 65.2 Å². The molecule has 0 saturated carbocycles. The average Bonchev–Trinajstić information content (AvgIpc) is 2.52. The van der Waals surface area contributed by atoms with Gasteiger partial charge in [-0.15, -0.1) is 0 Å². The summed E-state index contributed by atoms with van der Waals surface area (Å²) in [4.78, 5) is 13.8. The third-order valence-electron chi connectivity index (χ3n) is 3.23. The number of esters is 1. The Hall–Kier alpha value is -2.55. The van der Waals surface area contributed by atoms with Crippen LogP contribution >= 0.6 is 0 Å². The van der Waals surface area contributed by atoms with Gasteiger partial charge in [-0.3, -0.25) is 0 Å². The van der Waals surface area contributed by atoms with Crippen molar-refractivity contribution >= 4 is 23.8 Å². The Kier molecular flexibility index (Phi) is 4.77. The fraction of sp³-hybridized carbons (Fsp3) is 0.167. The Morgan fingerprint density at radius 1 is 1.00 bits per heavy atom. The lowest BCUT2D eigenvalue weighted by atomic mass is 10.1. The number of benzene rings is 2. The highest BCUT2D eigenvalue weighted by Gasteiger charge is 2.08. The molecule has 3 nitrogen and oxygen atoms in total. The van der Waals surface area contributed by atoms with E-state index in [9.17, 15) is 4.79 Å². The Labute approximate surface area is 125 Å². The summed E-state index contributed by atoms with van der Waals surface area (Å²) in [5.41, 5.74) is 3.66. The van der Waals surface area contributed by atoms with Crippen molar-refractivity contribution in [3.8, 4) is 0 Å². The van der Waals surface area contributed by atoms with Crippen LogP contribution in [0.3, 0.4) is 0 Å². The molecule has 0 radical (unpaired) electrons. The maximum atomic E-state index is 11.7. The van der Waals surface area contributed by atoms with Gasteiger partial charge >= 0.3 is 5.97 Å². The van der Waals surface area contributed by atoms with Crippen molar-refractivity contribution in [2.24, 2.45) is 0 Å². The molecule has 0 aliphatic carbocycles. The monoisotopic (exact) mass is 281 g/mol. The smallest absolute Gasteiger partial charge is 0.338 e. The van der Waals surface area contributed by atoms with Crippen LogP contribution in [0, 0.1) is 0 Å². The number of hydrogen-bond donors (Lipinski definition) is 0. The first kappa shape index (κ1) is 14.9. The van der Waals surface area contributed by atoms with Gasteiger partial charge in [-0.25, -0.2) is 4.79 Å². The molecule has 0 unspecified atom stereocenters. The highest BCUT2D eigenvalue weighted by atomic mass is 16.5. The lowest BCUT2D eigenvalue weighted by Crippen LogP contribution is -2.07. The van der Waals surface area contributed by atoms with Crippen LogP contribution in [-0.4, -0.2) is 27.2 Å². The molecule has 0 aliphatic heterocycles. The van der Waals surface area contributed by atoms with Gasteiger partial charge in [0.2, 0.25) is 0 Å². The Morgan fingerprint density at radius 3 is 2.29 bits per heavy atom. The van der Waals surface area contributed by atoms with E-state index in [2.05, 4.69) is 17.0 Å². The summed E-state index contributed by atoms with van der Waals surface area (Å²) in [7, 11) is 5.41. The van der Waals surface area contributed by atoms with E-state index in [0.29, 0.717) is 5.56 Å². The molecule has 21 heavy (non-hydrogen) atoms. The highest BCUT2D eigenvalue weighted by molar-refractivity contribution is 5.94. The van der Waals surface area contributed by atoms with Gasteiger partial charge in [-0.05, 0) is 29.3 Å². The van der Waals surface area contributed by atoms with Crippen LogP contribution in [0.1, 0.15) is 21.5 Å². The lowest BCUT2D eigenvalue weighted by molar-refractivity contribution is 0.0600. The van der Waals surface area contributed by atoms with Crippen molar-refractivity contribution in [3.63, 3.8) is 0 Å². The molecule has 2 aromatic rings. The molecular formula is C18H19NO2. The van der Waals surface area contributed by atoms with Gasteiger partial charge in [-0.2, -0.15) is 0 Å². The van der Waals surface area contributed by atoms with Gasteiger partial charge in [0.05, 0.1) is 12.7 Å². The number of carbonyl (C=O) groups excluding carboxylic acids is 1. The van der Waals surface area contributed by atoms with E-state index in [1.807, 2.05) is 56.6 Å². The summed E-state index contributed by atoms with van der Waals surface area (Å²) in [6.07, 6.45) is 3.91. The lowest BCUT2D eigenvalue weighted by Gasteiger charge is -2.11. The molecule has 0 N–H and O–H groups in total. The summed E-state index contributed by atoms with van der Waals surface area (Å²) in [6.45, 7) is 0. The second kappa shape index (κ2) is 6.75. The van der Waals surface area contributed by atoms with Crippen LogP contribution in [0.15, 0.2) is 48.5 Å². The zero-order valence-electron chi connectivity index (χ0n) is 12.5. The summed E-state index contributed by atoms with van der Waals surface area (Å²) in [5.74, 6) is -0.321. The number of ether oxygens (including phenoxy) is 1. The van der Waals surface area contributed by atoms with Gasteiger partial charge in [-0.1, -0.05) is 42.5 Å². The SMILES string of the molecule is COC(=O)c1ccccc1C=Cc1ccc(N(C)C)cc1. The molecule has 0 spiro atoms. The fourth-order valence-corrected chi connectivity index (χ4v) is 2.01. The normalized spacial score (nSPS) is 10.6. The molecule has 0 atom stereocenters. The summed E-state index contributed by atoms with van der Waals surface area (Å²) >= 11 is 0. The van der Waals surface area contributed by atoms with E-state index in [0.717, 1.165) is 16.8 Å². The van der Waals surface area contributed by atoms with Crippen LogP contribution in [0.2, 0.25) is 0 Å². The van der Waals surface area contributed by atoms with E-state index >= 15 is 0 Å². The van der Waals surface area contributed by atoms with Gasteiger partial charge in [0, 0.05) is 19.8 Å². The molecule has 2 aromatic carbocycles. The van der Waals surface area contributed by atoms with Crippen molar-refractivity contribution in [1.82, 2.24) is 0 Å². The second-order valence-electron chi connectivity index (χ2n) is 4.90. The molecule has 0 amide bonds. The number of rotatable bonds is 4. The van der Waals surface area contributed by atoms with E-state index in [4.69, 9.17) is 4.74 Å². The van der Waals surface area contributed by atoms with Crippen LogP contribution in [0.25, 0.3) is 12.2 Å². The zero-order valence-corrected chi connectivity index (χ0v) is 12.5. The summed E-state index contributed by atoms with van der Waals surface area (Å²) < 4.78 is 4.79. The molecule has 2 rings (SSSR count). The largest absolute Gasteiger partial charge is 0.465 e. The fourth-order valence-electron chi connectivity index (χ4n) is 2.01. The third-order valence-corrected chi connectivity index (χ3v) is 3.23. The molecular weight excluding hydrogens is 262 g/mol. The maximum absolute atomic E-state index is 11.7. The second-order valence-corrected chi connectivity index (χ2v) is 4.90. The maximum Gasteiger partial charge on any atom is 0.338 e. The number of methoxy groups -OCH3 is 1. The van der Waals surface area contributed by atoms with Gasteiger partial charge in [0.15, 0.2) is 0 Å². The quantitative estimate of drug-likeness (QED) is 0.632. The number of carbonyl (C=O) groups is 1. The van der Waals surface area contributed by atoms with Crippen molar-refractivity contribution in [1.29, 1.82) is 0 Å². The minimum Gasteiger partial charge on any atom is -0.465 e. The molecule has 3 heteroatoms. The van der Waals surface area contributed by atoms with E-state index in [-0.39, 0.29) is 5.97 Å². The number of hydrogen-bond acceptors (Lipinski definition) is 3. The predicted octanol–water partition coefficient (Wildman–Crippen LogP) is 3.71. The molecule has 0 heterocycles. The predicted molar refractivity (Wildman–Crippen MR) is 87.5 cm³/mol. The van der Waals surface area contributed by atoms with Crippen molar-refractivity contribution in [2.75, 3.05) is 26.1 Å². The molecule has 0 bridgehead atoms. The average molecular weight is 281 g/mol. The molecule has 0 saturated heterocycles. The van der Waals surface area contributed by atoms with Crippen LogP contribution < -0.4 is 4.90 Å². The summed E-state index contributed by atoms with van der Waals surface area (Å²) in [5, 5.41) is 0. The Balaban J connectivity index is 2.23. The van der Waals surface area contributed by atoms with Crippen LogP contribution in [0.4, 0.5) is 5.69 Å². The van der Waals surface area contributed by atoms with Crippen molar-refractivity contribution in [2.45, 2.75) is 0 Å². The molecule has 0 fully saturated rings. The first-order chi connectivity index (χ1) is 10.1. The van der Waals surface area contributed by atoms with Crippen LogP contribution in [-0.2, 0) is 4.74 Å². The standard InChI is InChI=1S/C18H19NO2/c1-19(2)16-12-9-14(10-13-16)8-11-15-6-4-5-7-17(15)18(20)21-3/h4-13H,1-3H3. The Bertz CT molecular complexity index is 643. The van der Waals surface area contributed by atoms with Gasteiger partial charge in [0.1, 0.15) is 0 Å². The minimum atomic E-state index is -0.321. The Morgan fingerprint density at radius 2 is 1.67 bits per heavy atom. The van der Waals surface area contributed by atoms with Gasteiger partial charge < -0.3 is 9.64 Å². The van der Waals surface area contributed by atoms with Gasteiger partial charge in [0.25, 0.3) is 0 Å².